The molecule has 0 radical (unpaired) electrons. The SMILES string of the molecule is CC(=O)Nc1cccc(-n2ccnc2NC2CC2)c1. The van der Waals surface area contributed by atoms with Crippen LogP contribution in [0.3, 0.4) is 0 Å². The third kappa shape index (κ3) is 2.76. The molecule has 3 rings (SSSR count). The Hall–Kier alpha value is -2.30. The van der Waals surface area contributed by atoms with Gasteiger partial charge in [0, 0.05) is 31.0 Å². The number of nitrogens with zero attached hydrogens (tertiary/aromatic N) is 2. The van der Waals surface area contributed by atoms with E-state index in [1.54, 1.807) is 6.20 Å². The number of nitrogens with one attached hydrogen (secondary N) is 2. The van der Waals surface area contributed by atoms with Crippen LogP contribution in [0.5, 0.6) is 0 Å². The van der Waals surface area contributed by atoms with Crippen LogP contribution in [0.15, 0.2) is 36.7 Å². The van der Waals surface area contributed by atoms with Crippen molar-refractivity contribution in [2.75, 3.05) is 10.6 Å². The first-order valence-corrected chi connectivity index (χ1v) is 6.40. The first-order chi connectivity index (χ1) is 9.22. The lowest BCUT2D eigenvalue weighted by Gasteiger charge is -2.10. The molecule has 1 saturated carbocycles. The van der Waals surface area contributed by atoms with Gasteiger partial charge in [0.05, 0.1) is 5.69 Å². The van der Waals surface area contributed by atoms with Gasteiger partial charge >= 0.3 is 0 Å². The van der Waals surface area contributed by atoms with E-state index in [0.29, 0.717) is 6.04 Å². The smallest absolute Gasteiger partial charge is 0.221 e. The van der Waals surface area contributed by atoms with Gasteiger partial charge in [0.2, 0.25) is 11.9 Å². The molecule has 0 unspecified atom stereocenters. The third-order valence-electron chi connectivity index (χ3n) is 3.00. The lowest BCUT2D eigenvalue weighted by molar-refractivity contribution is -0.114. The molecule has 1 aliphatic carbocycles. The quantitative estimate of drug-likeness (QED) is 0.883. The summed E-state index contributed by atoms with van der Waals surface area (Å²) < 4.78 is 1.99. The number of carbonyl (C=O) groups excluding carboxylic acids is 1. The first-order valence-electron chi connectivity index (χ1n) is 6.40. The van der Waals surface area contributed by atoms with E-state index in [-0.39, 0.29) is 5.91 Å². The summed E-state index contributed by atoms with van der Waals surface area (Å²) in [7, 11) is 0. The van der Waals surface area contributed by atoms with E-state index in [1.165, 1.54) is 19.8 Å². The predicted octanol–water partition coefficient (Wildman–Crippen LogP) is 2.41. The van der Waals surface area contributed by atoms with E-state index in [4.69, 9.17) is 0 Å². The fourth-order valence-corrected chi connectivity index (χ4v) is 1.97. The minimum atomic E-state index is -0.0703. The van der Waals surface area contributed by atoms with Crippen molar-refractivity contribution in [3.63, 3.8) is 0 Å². The molecule has 0 bridgehead atoms. The molecule has 1 heterocycles. The minimum absolute atomic E-state index is 0.0703. The van der Waals surface area contributed by atoms with Crippen molar-refractivity contribution >= 4 is 17.5 Å². The van der Waals surface area contributed by atoms with E-state index >= 15 is 0 Å². The number of anilines is 2. The molecule has 0 aliphatic heterocycles. The van der Waals surface area contributed by atoms with Gasteiger partial charge in [0.15, 0.2) is 0 Å². The molecule has 1 amide bonds. The summed E-state index contributed by atoms with van der Waals surface area (Å²) in [5.41, 5.74) is 1.77. The van der Waals surface area contributed by atoms with Crippen molar-refractivity contribution in [2.24, 2.45) is 0 Å². The second-order valence-corrected chi connectivity index (χ2v) is 4.77. The van der Waals surface area contributed by atoms with E-state index in [2.05, 4.69) is 15.6 Å². The zero-order chi connectivity index (χ0) is 13.2. The number of rotatable bonds is 4. The molecule has 1 aromatic heterocycles. The Balaban J connectivity index is 1.88. The molecule has 1 aromatic carbocycles. The number of amides is 1. The van der Waals surface area contributed by atoms with Gasteiger partial charge < -0.3 is 10.6 Å². The molecular weight excluding hydrogens is 240 g/mol. The molecule has 2 aromatic rings. The number of imidazole rings is 1. The van der Waals surface area contributed by atoms with Crippen LogP contribution in [0, 0.1) is 0 Å². The maximum absolute atomic E-state index is 11.1. The van der Waals surface area contributed by atoms with Gasteiger partial charge in [0.25, 0.3) is 0 Å². The Morgan fingerprint density at radius 3 is 3.00 bits per heavy atom. The van der Waals surface area contributed by atoms with Crippen molar-refractivity contribution in [3.8, 4) is 5.69 Å². The highest BCUT2D eigenvalue weighted by Crippen LogP contribution is 2.25. The van der Waals surface area contributed by atoms with Crippen molar-refractivity contribution in [2.45, 2.75) is 25.8 Å². The minimum Gasteiger partial charge on any atom is -0.353 e. The average Bonchev–Trinajstić information content (AvgIpc) is 3.05. The molecule has 1 aliphatic rings. The summed E-state index contributed by atoms with van der Waals surface area (Å²) in [4.78, 5) is 15.4. The molecule has 0 atom stereocenters. The monoisotopic (exact) mass is 256 g/mol. The van der Waals surface area contributed by atoms with Gasteiger partial charge in [-0.15, -0.1) is 0 Å². The highest BCUT2D eigenvalue weighted by molar-refractivity contribution is 5.88. The van der Waals surface area contributed by atoms with Gasteiger partial charge in [-0.25, -0.2) is 4.98 Å². The van der Waals surface area contributed by atoms with Crippen molar-refractivity contribution < 1.29 is 4.79 Å². The Labute approximate surface area is 111 Å². The molecule has 19 heavy (non-hydrogen) atoms. The van der Waals surface area contributed by atoms with Gasteiger partial charge in [-0.1, -0.05) is 6.07 Å². The number of hydrogen-bond acceptors (Lipinski definition) is 3. The maximum atomic E-state index is 11.1. The van der Waals surface area contributed by atoms with Gasteiger partial charge in [-0.2, -0.15) is 0 Å². The highest BCUT2D eigenvalue weighted by atomic mass is 16.1. The molecular formula is C14H16N4O. The fraction of sp³-hybridized carbons (Fsp3) is 0.286. The maximum Gasteiger partial charge on any atom is 0.221 e. The normalized spacial score (nSPS) is 14.2. The molecule has 1 fully saturated rings. The van der Waals surface area contributed by atoms with Crippen LogP contribution < -0.4 is 10.6 Å². The van der Waals surface area contributed by atoms with Crippen LogP contribution in [-0.4, -0.2) is 21.5 Å². The molecule has 0 spiro atoms. The fourth-order valence-electron chi connectivity index (χ4n) is 1.97. The van der Waals surface area contributed by atoms with Crippen molar-refractivity contribution in [1.29, 1.82) is 0 Å². The van der Waals surface area contributed by atoms with Crippen LogP contribution in [0.25, 0.3) is 5.69 Å². The highest BCUT2D eigenvalue weighted by Gasteiger charge is 2.22. The van der Waals surface area contributed by atoms with Gasteiger partial charge in [0.1, 0.15) is 0 Å². The Bertz CT molecular complexity index is 601. The van der Waals surface area contributed by atoms with E-state index in [9.17, 15) is 4.79 Å². The number of hydrogen-bond donors (Lipinski definition) is 2. The second kappa shape index (κ2) is 4.76. The van der Waals surface area contributed by atoms with Crippen LogP contribution >= 0.6 is 0 Å². The lowest BCUT2D eigenvalue weighted by Crippen LogP contribution is -2.09. The average molecular weight is 256 g/mol. The molecule has 98 valence electrons. The van der Waals surface area contributed by atoms with Crippen LogP contribution in [0.2, 0.25) is 0 Å². The molecule has 0 saturated heterocycles. The van der Waals surface area contributed by atoms with Crippen LogP contribution in [-0.2, 0) is 4.79 Å². The standard InChI is InChI=1S/C14H16N4O/c1-10(19)16-12-3-2-4-13(9-12)18-8-7-15-14(18)17-11-5-6-11/h2-4,7-9,11H,5-6H2,1H3,(H,15,17)(H,16,19). The molecule has 5 nitrogen and oxygen atoms in total. The van der Waals surface area contributed by atoms with E-state index in [0.717, 1.165) is 17.3 Å². The van der Waals surface area contributed by atoms with E-state index in [1.807, 2.05) is 35.0 Å². The predicted molar refractivity (Wildman–Crippen MR) is 74.5 cm³/mol. The largest absolute Gasteiger partial charge is 0.353 e. The summed E-state index contributed by atoms with van der Waals surface area (Å²) in [5.74, 6) is 0.779. The molecule has 5 heteroatoms. The third-order valence-corrected chi connectivity index (χ3v) is 3.00. The van der Waals surface area contributed by atoms with Gasteiger partial charge in [-0.3, -0.25) is 9.36 Å². The van der Waals surface area contributed by atoms with Crippen LogP contribution in [0.4, 0.5) is 11.6 Å². The van der Waals surface area contributed by atoms with Crippen LogP contribution in [0.1, 0.15) is 19.8 Å². The Morgan fingerprint density at radius 1 is 1.42 bits per heavy atom. The summed E-state index contributed by atoms with van der Waals surface area (Å²) in [5, 5.41) is 6.17. The number of aromatic nitrogens is 2. The second-order valence-electron chi connectivity index (χ2n) is 4.77. The topological polar surface area (TPSA) is 59.0 Å². The number of benzene rings is 1. The zero-order valence-electron chi connectivity index (χ0n) is 10.8. The van der Waals surface area contributed by atoms with Crippen molar-refractivity contribution in [3.05, 3.63) is 36.7 Å². The summed E-state index contributed by atoms with van der Waals surface area (Å²) >= 11 is 0. The summed E-state index contributed by atoms with van der Waals surface area (Å²) in [6.45, 7) is 1.50. The number of carbonyl (C=O) groups is 1. The zero-order valence-corrected chi connectivity index (χ0v) is 10.8. The summed E-state index contributed by atoms with van der Waals surface area (Å²) in [6, 6.07) is 8.27. The molecule has 2 N–H and O–H groups in total. The summed E-state index contributed by atoms with van der Waals surface area (Å²) in [6.07, 6.45) is 6.10. The van der Waals surface area contributed by atoms with Crippen molar-refractivity contribution in [1.82, 2.24) is 9.55 Å². The first kappa shape index (κ1) is 11.8. The van der Waals surface area contributed by atoms with E-state index < -0.39 is 0 Å². The Kier molecular flexibility index (Phi) is 2.95. The Morgan fingerprint density at radius 2 is 2.26 bits per heavy atom. The van der Waals surface area contributed by atoms with Gasteiger partial charge in [-0.05, 0) is 31.0 Å². The lowest BCUT2D eigenvalue weighted by atomic mass is 10.2.